The Hall–Kier alpha value is -0.920. The van der Waals surface area contributed by atoms with Gasteiger partial charge in [-0.2, -0.15) is 8.42 Å². The van der Waals surface area contributed by atoms with Crippen LogP contribution in [0, 0.1) is 0 Å². The lowest BCUT2D eigenvalue weighted by Gasteiger charge is -2.29. The number of nitrogens with one attached hydrogen (secondary N) is 1. The molecule has 18 heavy (non-hydrogen) atoms. The minimum absolute atomic E-state index is 0.185. The Morgan fingerprint density at radius 1 is 1.33 bits per heavy atom. The zero-order valence-corrected chi connectivity index (χ0v) is 11.9. The van der Waals surface area contributed by atoms with Crippen molar-refractivity contribution in [3.8, 4) is 0 Å². The van der Waals surface area contributed by atoms with Crippen LogP contribution < -0.4 is 5.32 Å². The molecule has 0 saturated carbocycles. The largest absolute Gasteiger partial charge is 0.353 e. The molecule has 0 fully saturated rings. The minimum atomic E-state index is -3.89. The highest BCUT2D eigenvalue weighted by Crippen LogP contribution is 2.02. The fourth-order valence-electron chi connectivity index (χ4n) is 1.42. The molecule has 106 valence electrons. The van der Waals surface area contributed by atoms with Crippen LogP contribution in [0.25, 0.3) is 0 Å². The highest BCUT2D eigenvalue weighted by Gasteiger charge is 2.18. The molecule has 0 rings (SSSR count). The lowest BCUT2D eigenvalue weighted by molar-refractivity contribution is -0.888. The molecular formula is C11H23N2O4S+. The summed E-state index contributed by atoms with van der Waals surface area (Å²) in [5, 5.41) is 2.68. The summed E-state index contributed by atoms with van der Waals surface area (Å²) in [6.45, 7) is 5.10. The number of nitrogens with zero attached hydrogens (tertiary/aromatic N) is 1. The molecule has 0 aliphatic rings. The van der Waals surface area contributed by atoms with Crippen LogP contribution in [-0.4, -0.2) is 62.8 Å². The van der Waals surface area contributed by atoms with Gasteiger partial charge >= 0.3 is 0 Å². The number of carbonyl (C=O) groups is 1. The monoisotopic (exact) mass is 279 g/mol. The second-order valence-corrected chi connectivity index (χ2v) is 6.44. The minimum Gasteiger partial charge on any atom is -0.353 e. The summed E-state index contributed by atoms with van der Waals surface area (Å²) in [4.78, 5) is 10.9. The maximum absolute atomic E-state index is 10.9. The third-order valence-electron chi connectivity index (χ3n) is 2.63. The van der Waals surface area contributed by atoms with Gasteiger partial charge < -0.3 is 9.80 Å². The van der Waals surface area contributed by atoms with Crippen molar-refractivity contribution in [2.24, 2.45) is 0 Å². The van der Waals surface area contributed by atoms with Gasteiger partial charge in [0.05, 0.1) is 27.2 Å². The van der Waals surface area contributed by atoms with E-state index in [9.17, 15) is 13.2 Å². The van der Waals surface area contributed by atoms with Crippen molar-refractivity contribution in [3.63, 3.8) is 0 Å². The Kier molecular flexibility index (Phi) is 7.12. The SMILES string of the molecule is C=CC(=O)NCCCC[N+](C)(C)CCS(=O)(=O)O. The van der Waals surface area contributed by atoms with Gasteiger partial charge in [-0.15, -0.1) is 0 Å². The van der Waals surface area contributed by atoms with Gasteiger partial charge in [0.15, 0.2) is 0 Å². The van der Waals surface area contributed by atoms with Crippen LogP contribution in [0.15, 0.2) is 12.7 Å². The topological polar surface area (TPSA) is 83.5 Å². The molecule has 2 N–H and O–H groups in total. The fraction of sp³-hybridized carbons (Fsp3) is 0.727. The number of amides is 1. The molecule has 7 heteroatoms. The molecular weight excluding hydrogens is 256 g/mol. The van der Waals surface area contributed by atoms with Gasteiger partial charge in [-0.1, -0.05) is 6.58 Å². The average Bonchev–Trinajstić information content (AvgIpc) is 2.25. The zero-order valence-electron chi connectivity index (χ0n) is 11.1. The number of hydrogen-bond acceptors (Lipinski definition) is 3. The van der Waals surface area contributed by atoms with E-state index in [2.05, 4.69) is 11.9 Å². The Morgan fingerprint density at radius 3 is 2.44 bits per heavy atom. The molecule has 0 aliphatic heterocycles. The average molecular weight is 279 g/mol. The van der Waals surface area contributed by atoms with Crippen LogP contribution in [0.2, 0.25) is 0 Å². The van der Waals surface area contributed by atoms with Crippen LogP contribution >= 0.6 is 0 Å². The van der Waals surface area contributed by atoms with E-state index in [-0.39, 0.29) is 11.7 Å². The summed E-state index contributed by atoms with van der Waals surface area (Å²) in [5.74, 6) is -0.414. The van der Waals surface area contributed by atoms with Gasteiger partial charge in [0.1, 0.15) is 5.75 Å². The maximum Gasteiger partial charge on any atom is 0.270 e. The Labute approximate surface area is 109 Å². The molecule has 0 aromatic heterocycles. The maximum atomic E-state index is 10.9. The van der Waals surface area contributed by atoms with Crippen molar-refractivity contribution in [2.45, 2.75) is 12.8 Å². The molecule has 0 radical (unpaired) electrons. The predicted octanol–water partition coefficient (Wildman–Crippen LogP) is 0.0330. The second kappa shape index (κ2) is 7.50. The van der Waals surface area contributed by atoms with Crippen molar-refractivity contribution in [3.05, 3.63) is 12.7 Å². The highest BCUT2D eigenvalue weighted by molar-refractivity contribution is 7.85. The van der Waals surface area contributed by atoms with E-state index in [4.69, 9.17) is 4.55 Å². The van der Waals surface area contributed by atoms with Crippen LogP contribution in [0.4, 0.5) is 0 Å². The van der Waals surface area contributed by atoms with E-state index in [1.165, 1.54) is 6.08 Å². The lowest BCUT2D eigenvalue weighted by Crippen LogP contribution is -2.44. The van der Waals surface area contributed by atoms with Gasteiger partial charge in [0, 0.05) is 6.54 Å². The van der Waals surface area contributed by atoms with E-state index in [0.29, 0.717) is 17.6 Å². The molecule has 0 unspecified atom stereocenters. The Bertz CT molecular complexity index is 377. The first-order valence-corrected chi connectivity index (χ1v) is 7.45. The summed E-state index contributed by atoms with van der Waals surface area (Å²) in [6, 6.07) is 0. The van der Waals surface area contributed by atoms with Crippen molar-refractivity contribution in [1.29, 1.82) is 0 Å². The number of carbonyl (C=O) groups excluding carboxylic acids is 1. The molecule has 1 amide bonds. The number of quaternary nitrogens is 1. The van der Waals surface area contributed by atoms with E-state index in [1.54, 1.807) is 0 Å². The summed E-state index contributed by atoms with van der Waals surface area (Å²) in [6.07, 6.45) is 2.93. The van der Waals surface area contributed by atoms with Crippen LogP contribution in [-0.2, 0) is 14.9 Å². The molecule has 0 atom stereocenters. The first kappa shape index (κ1) is 17.1. The zero-order chi connectivity index (χ0) is 14.2. The normalized spacial score (nSPS) is 12.2. The molecule has 0 aromatic rings. The van der Waals surface area contributed by atoms with Crippen LogP contribution in [0.1, 0.15) is 12.8 Å². The van der Waals surface area contributed by atoms with Gasteiger partial charge in [-0.25, -0.2) is 0 Å². The molecule has 0 saturated heterocycles. The molecule has 0 aromatic carbocycles. The lowest BCUT2D eigenvalue weighted by atomic mass is 10.2. The van der Waals surface area contributed by atoms with Crippen molar-refractivity contribution >= 4 is 16.0 Å². The summed E-state index contributed by atoms with van der Waals surface area (Å²) < 4.78 is 30.5. The number of hydrogen-bond donors (Lipinski definition) is 2. The van der Waals surface area contributed by atoms with E-state index in [0.717, 1.165) is 19.4 Å². The first-order valence-electron chi connectivity index (χ1n) is 5.84. The van der Waals surface area contributed by atoms with Crippen molar-refractivity contribution in [1.82, 2.24) is 5.32 Å². The van der Waals surface area contributed by atoms with Gasteiger partial charge in [0.25, 0.3) is 10.1 Å². The smallest absolute Gasteiger partial charge is 0.270 e. The second-order valence-electron chi connectivity index (χ2n) is 4.87. The number of rotatable bonds is 9. The molecule has 0 bridgehead atoms. The number of unbranched alkanes of at least 4 members (excludes halogenated alkanes) is 1. The Morgan fingerprint density at radius 2 is 1.94 bits per heavy atom. The molecule has 0 heterocycles. The van der Waals surface area contributed by atoms with Gasteiger partial charge in [0.2, 0.25) is 5.91 Å². The van der Waals surface area contributed by atoms with E-state index < -0.39 is 10.1 Å². The molecule has 6 nitrogen and oxygen atoms in total. The highest BCUT2D eigenvalue weighted by atomic mass is 32.2. The summed E-state index contributed by atoms with van der Waals surface area (Å²) >= 11 is 0. The van der Waals surface area contributed by atoms with E-state index in [1.807, 2.05) is 14.1 Å². The standard InChI is InChI=1S/C11H22N2O4S/c1-4-11(14)12-7-5-6-8-13(2,3)9-10-18(15,16)17/h4H,1,5-10H2,2-3H3,(H-,12,14,15,16,17)/p+1. The summed E-state index contributed by atoms with van der Waals surface area (Å²) in [7, 11) is -0.0705. The van der Waals surface area contributed by atoms with Crippen molar-refractivity contribution in [2.75, 3.05) is 39.5 Å². The van der Waals surface area contributed by atoms with Crippen LogP contribution in [0.5, 0.6) is 0 Å². The quantitative estimate of drug-likeness (QED) is 0.270. The third kappa shape index (κ3) is 10.2. The molecule has 0 spiro atoms. The fourth-order valence-corrected chi connectivity index (χ4v) is 2.15. The van der Waals surface area contributed by atoms with E-state index >= 15 is 0 Å². The third-order valence-corrected chi connectivity index (χ3v) is 3.33. The first-order chi connectivity index (χ1) is 8.16. The Balaban J connectivity index is 3.77. The predicted molar refractivity (Wildman–Crippen MR) is 70.7 cm³/mol. The van der Waals surface area contributed by atoms with Gasteiger partial charge in [-0.3, -0.25) is 9.35 Å². The molecule has 0 aliphatic carbocycles. The van der Waals surface area contributed by atoms with Crippen molar-refractivity contribution < 1.29 is 22.2 Å². The van der Waals surface area contributed by atoms with Crippen LogP contribution in [0.3, 0.4) is 0 Å². The van der Waals surface area contributed by atoms with Gasteiger partial charge in [-0.05, 0) is 18.9 Å². The summed E-state index contributed by atoms with van der Waals surface area (Å²) in [5.41, 5.74) is 0.